The molecule has 0 aliphatic carbocycles. The van der Waals surface area contributed by atoms with Gasteiger partial charge in [-0.25, -0.2) is 0 Å². The van der Waals surface area contributed by atoms with Gasteiger partial charge in [-0.1, -0.05) is 155 Å². The highest BCUT2D eigenvalue weighted by molar-refractivity contribution is 5.68. The first-order chi connectivity index (χ1) is 17.7. The summed E-state index contributed by atoms with van der Waals surface area (Å²) in [5.74, 6) is -0.382. The average Bonchev–Trinajstić information content (AvgIpc) is 2.83. The third kappa shape index (κ3) is 15.5. The lowest BCUT2D eigenvalue weighted by Gasteiger charge is -2.25. The highest BCUT2D eigenvalue weighted by atomic mass is 16.4. The van der Waals surface area contributed by atoms with Gasteiger partial charge in [-0.3, -0.25) is 4.79 Å². The van der Waals surface area contributed by atoms with Gasteiger partial charge < -0.3 is 10.2 Å². The quantitative estimate of drug-likeness (QED) is 0.151. The van der Waals surface area contributed by atoms with Crippen LogP contribution in [0.4, 0.5) is 0 Å². The fraction of sp³-hybridized carbons (Fsp3) is 0.794. The van der Waals surface area contributed by atoms with Crippen LogP contribution in [0.3, 0.4) is 0 Å². The zero-order valence-electron chi connectivity index (χ0n) is 25.2. The highest BCUT2D eigenvalue weighted by Gasteiger charge is 2.23. The van der Waals surface area contributed by atoms with Crippen molar-refractivity contribution < 1.29 is 15.0 Å². The molecule has 0 aliphatic rings. The van der Waals surface area contributed by atoms with Gasteiger partial charge in [0.15, 0.2) is 0 Å². The molecular formula is C34H60O3. The van der Waals surface area contributed by atoms with Crippen molar-refractivity contribution in [2.24, 2.45) is 0 Å². The molecule has 0 amide bonds. The topological polar surface area (TPSA) is 57.5 Å². The minimum atomic E-state index is -0.740. The van der Waals surface area contributed by atoms with E-state index in [1.807, 2.05) is 19.1 Å². The SMILES string of the molecule is CCCCCCCCCCCCCCCCCCCCC(CC(=O)O)c1cc(C)c(O)c(C(C)(C)C)c1. The van der Waals surface area contributed by atoms with Crippen LogP contribution in [0, 0.1) is 6.92 Å². The molecule has 0 radical (unpaired) electrons. The lowest BCUT2D eigenvalue weighted by molar-refractivity contribution is -0.137. The standard InChI is InChI=1S/C34H60O3/c1-6-7-8-9-10-11-12-13-14-15-16-17-18-19-20-21-22-23-24-29(27-32(35)36)30-25-28(2)33(37)31(26-30)34(3,4)5/h25-26,29,37H,6-24,27H2,1-5H3,(H,35,36). The van der Waals surface area contributed by atoms with Crippen LogP contribution in [0.15, 0.2) is 12.1 Å². The number of benzene rings is 1. The van der Waals surface area contributed by atoms with Gasteiger partial charge in [0.2, 0.25) is 0 Å². The molecule has 0 heterocycles. The second-order valence-corrected chi connectivity index (χ2v) is 12.6. The van der Waals surface area contributed by atoms with Crippen LogP contribution in [0.5, 0.6) is 5.75 Å². The van der Waals surface area contributed by atoms with Crippen molar-refractivity contribution in [2.45, 2.75) is 174 Å². The Balaban J connectivity index is 2.18. The number of hydrogen-bond acceptors (Lipinski definition) is 2. The van der Waals surface area contributed by atoms with E-state index >= 15 is 0 Å². The summed E-state index contributed by atoms with van der Waals surface area (Å²) in [5, 5.41) is 20.0. The van der Waals surface area contributed by atoms with Crippen LogP contribution in [0.25, 0.3) is 0 Å². The molecule has 1 unspecified atom stereocenters. The van der Waals surface area contributed by atoms with E-state index in [1.165, 1.54) is 109 Å². The van der Waals surface area contributed by atoms with Crippen molar-refractivity contribution in [3.05, 3.63) is 28.8 Å². The van der Waals surface area contributed by atoms with Crippen LogP contribution >= 0.6 is 0 Å². The van der Waals surface area contributed by atoms with E-state index in [1.54, 1.807) is 0 Å². The van der Waals surface area contributed by atoms with Gasteiger partial charge in [-0.05, 0) is 41.4 Å². The Bertz CT molecular complexity index is 731. The van der Waals surface area contributed by atoms with Crippen LogP contribution in [0.2, 0.25) is 0 Å². The second-order valence-electron chi connectivity index (χ2n) is 12.6. The lowest BCUT2D eigenvalue weighted by atomic mass is 9.81. The molecule has 1 rings (SSSR count). The smallest absolute Gasteiger partial charge is 0.303 e. The predicted octanol–water partition coefficient (Wildman–Crippen LogP) is 11.0. The molecule has 0 aromatic heterocycles. The van der Waals surface area contributed by atoms with E-state index in [9.17, 15) is 15.0 Å². The maximum atomic E-state index is 11.6. The Morgan fingerprint density at radius 3 is 1.51 bits per heavy atom. The molecule has 0 aliphatic heterocycles. The number of aryl methyl sites for hydroxylation is 1. The van der Waals surface area contributed by atoms with E-state index in [0.717, 1.165) is 29.5 Å². The maximum Gasteiger partial charge on any atom is 0.303 e. The Morgan fingerprint density at radius 2 is 1.14 bits per heavy atom. The monoisotopic (exact) mass is 516 g/mol. The number of carboxylic acid groups (broad SMARTS) is 1. The summed E-state index contributed by atoms with van der Waals surface area (Å²) in [7, 11) is 0. The second kappa shape index (κ2) is 19.5. The third-order valence-electron chi connectivity index (χ3n) is 7.93. The van der Waals surface area contributed by atoms with Gasteiger partial charge in [0.25, 0.3) is 0 Å². The first-order valence-corrected chi connectivity index (χ1v) is 15.7. The van der Waals surface area contributed by atoms with Gasteiger partial charge >= 0.3 is 5.97 Å². The molecule has 0 bridgehead atoms. The normalized spacial score (nSPS) is 12.7. The van der Waals surface area contributed by atoms with E-state index < -0.39 is 5.97 Å². The van der Waals surface area contributed by atoms with Gasteiger partial charge in [-0.15, -0.1) is 0 Å². The highest BCUT2D eigenvalue weighted by Crippen LogP contribution is 2.38. The number of carboxylic acids is 1. The number of phenolic OH excluding ortho intramolecular Hbond substituents is 1. The number of aliphatic carboxylic acids is 1. The Kier molecular flexibility index (Phi) is 17.7. The fourth-order valence-corrected chi connectivity index (χ4v) is 5.50. The molecule has 1 aromatic rings. The summed E-state index contributed by atoms with van der Waals surface area (Å²) < 4.78 is 0. The minimum Gasteiger partial charge on any atom is -0.507 e. The number of hydrogen-bond donors (Lipinski definition) is 2. The summed E-state index contributed by atoms with van der Waals surface area (Å²) in [6.07, 6.45) is 25.5. The molecule has 0 fully saturated rings. The van der Waals surface area contributed by atoms with Crippen molar-refractivity contribution in [3.8, 4) is 5.75 Å². The number of aromatic hydroxyl groups is 1. The first kappa shape index (κ1) is 33.5. The van der Waals surface area contributed by atoms with E-state index in [0.29, 0.717) is 5.75 Å². The fourth-order valence-electron chi connectivity index (χ4n) is 5.50. The summed E-state index contributed by atoms with van der Waals surface area (Å²) in [6, 6.07) is 4.04. The summed E-state index contributed by atoms with van der Waals surface area (Å²) in [5.41, 5.74) is 2.65. The predicted molar refractivity (Wildman–Crippen MR) is 160 cm³/mol. The summed E-state index contributed by atoms with van der Waals surface area (Å²) >= 11 is 0. The van der Waals surface area contributed by atoms with Crippen LogP contribution in [0.1, 0.15) is 179 Å². The maximum absolute atomic E-state index is 11.6. The molecule has 0 saturated carbocycles. The van der Waals surface area contributed by atoms with E-state index in [4.69, 9.17) is 0 Å². The first-order valence-electron chi connectivity index (χ1n) is 15.7. The minimum absolute atomic E-state index is 0.0129. The Labute approximate surface area is 229 Å². The molecule has 3 nitrogen and oxygen atoms in total. The van der Waals surface area contributed by atoms with Gasteiger partial charge in [0.1, 0.15) is 5.75 Å². The number of carbonyl (C=O) groups is 1. The third-order valence-corrected chi connectivity index (χ3v) is 7.93. The zero-order chi connectivity index (χ0) is 27.5. The van der Waals surface area contributed by atoms with Crippen LogP contribution in [-0.4, -0.2) is 16.2 Å². The van der Waals surface area contributed by atoms with Crippen LogP contribution in [-0.2, 0) is 10.2 Å². The van der Waals surface area contributed by atoms with Crippen LogP contribution < -0.4 is 0 Å². The van der Waals surface area contributed by atoms with Crippen molar-refractivity contribution >= 4 is 5.97 Å². The summed E-state index contributed by atoms with van der Waals surface area (Å²) in [4.78, 5) is 11.6. The lowest BCUT2D eigenvalue weighted by Crippen LogP contribution is -2.14. The molecule has 0 spiro atoms. The molecule has 1 aromatic carbocycles. The average molecular weight is 517 g/mol. The zero-order valence-corrected chi connectivity index (χ0v) is 25.2. The Hall–Kier alpha value is -1.51. The van der Waals surface area contributed by atoms with Gasteiger partial charge in [-0.2, -0.15) is 0 Å². The number of phenols is 1. The molecule has 2 N–H and O–H groups in total. The van der Waals surface area contributed by atoms with Gasteiger partial charge in [0, 0.05) is 0 Å². The van der Waals surface area contributed by atoms with Crippen molar-refractivity contribution in [2.75, 3.05) is 0 Å². The van der Waals surface area contributed by atoms with Crippen molar-refractivity contribution in [3.63, 3.8) is 0 Å². The molecule has 37 heavy (non-hydrogen) atoms. The number of unbranched alkanes of at least 4 members (excludes halogenated alkanes) is 17. The summed E-state index contributed by atoms with van der Waals surface area (Å²) in [6.45, 7) is 10.5. The largest absolute Gasteiger partial charge is 0.507 e. The van der Waals surface area contributed by atoms with E-state index in [2.05, 4.69) is 27.7 Å². The van der Waals surface area contributed by atoms with E-state index in [-0.39, 0.29) is 17.8 Å². The molecule has 214 valence electrons. The van der Waals surface area contributed by atoms with Crippen molar-refractivity contribution in [1.82, 2.24) is 0 Å². The molecule has 1 atom stereocenters. The van der Waals surface area contributed by atoms with Crippen molar-refractivity contribution in [1.29, 1.82) is 0 Å². The number of rotatable bonds is 22. The molecule has 0 saturated heterocycles. The molecule has 3 heteroatoms. The Morgan fingerprint density at radius 1 is 0.730 bits per heavy atom. The molecular weight excluding hydrogens is 456 g/mol. The van der Waals surface area contributed by atoms with Gasteiger partial charge in [0.05, 0.1) is 6.42 Å².